The zero-order valence-corrected chi connectivity index (χ0v) is 11.5. The third-order valence-corrected chi connectivity index (χ3v) is 3.30. The number of anilines is 1. The van der Waals surface area contributed by atoms with Crippen LogP contribution in [0.2, 0.25) is 5.02 Å². The van der Waals surface area contributed by atoms with Crippen LogP contribution in [0, 0.1) is 0 Å². The van der Waals surface area contributed by atoms with Crippen LogP contribution in [0.5, 0.6) is 0 Å². The van der Waals surface area contributed by atoms with Crippen molar-refractivity contribution < 1.29 is 4.79 Å². The van der Waals surface area contributed by atoms with Gasteiger partial charge in [0.25, 0.3) is 0 Å². The highest BCUT2D eigenvalue weighted by molar-refractivity contribution is 6.36. The van der Waals surface area contributed by atoms with Crippen LogP contribution in [0.4, 0.5) is 5.82 Å². The van der Waals surface area contributed by atoms with Crippen molar-refractivity contribution in [3.8, 4) is 0 Å². The summed E-state index contributed by atoms with van der Waals surface area (Å²) in [5, 5.41) is 8.57. The molecule has 0 bridgehead atoms. The zero-order valence-electron chi connectivity index (χ0n) is 10.7. The lowest BCUT2D eigenvalue weighted by Crippen LogP contribution is -2.10. The fourth-order valence-electron chi connectivity index (χ4n) is 2.05. The average molecular weight is 266 g/mol. The van der Waals surface area contributed by atoms with E-state index < -0.39 is 0 Å². The summed E-state index contributed by atoms with van der Waals surface area (Å²) in [5.74, 6) is 0.479. The molecule has 0 aliphatic heterocycles. The van der Waals surface area contributed by atoms with Crippen LogP contribution >= 0.6 is 11.6 Å². The molecule has 2 aromatic rings. The maximum absolute atomic E-state index is 11.5. The van der Waals surface area contributed by atoms with Crippen molar-refractivity contribution in [2.24, 2.45) is 7.05 Å². The number of hydrogen-bond acceptors (Lipinski definition) is 2. The Kier molecular flexibility index (Phi) is 3.57. The molecule has 96 valence electrons. The van der Waals surface area contributed by atoms with Crippen molar-refractivity contribution in [2.45, 2.75) is 26.7 Å². The second-order valence-corrected chi connectivity index (χ2v) is 4.56. The molecule has 0 aliphatic carbocycles. The molecule has 0 saturated heterocycles. The Morgan fingerprint density at radius 2 is 2.17 bits per heavy atom. The van der Waals surface area contributed by atoms with E-state index in [0.29, 0.717) is 17.3 Å². The molecule has 1 amide bonds. The van der Waals surface area contributed by atoms with Crippen molar-refractivity contribution in [3.63, 3.8) is 0 Å². The van der Waals surface area contributed by atoms with Crippen LogP contribution in [0.15, 0.2) is 12.1 Å². The van der Waals surface area contributed by atoms with Gasteiger partial charge in [-0.1, -0.05) is 31.5 Å². The van der Waals surface area contributed by atoms with Gasteiger partial charge < -0.3 is 5.32 Å². The summed E-state index contributed by atoms with van der Waals surface area (Å²) in [6.45, 7) is 3.89. The lowest BCUT2D eigenvalue weighted by molar-refractivity contribution is -0.115. The molecule has 1 heterocycles. The molecule has 1 aromatic heterocycles. The number of nitrogens with one attached hydrogen (secondary N) is 1. The monoisotopic (exact) mass is 265 g/mol. The molecule has 0 fully saturated rings. The van der Waals surface area contributed by atoms with Crippen molar-refractivity contribution in [1.82, 2.24) is 9.78 Å². The number of carbonyl (C=O) groups excluding carboxylic acids is 1. The van der Waals surface area contributed by atoms with E-state index in [0.717, 1.165) is 17.3 Å². The molecule has 1 N–H and O–H groups in total. The smallest absolute Gasteiger partial charge is 0.225 e. The Labute approximate surface area is 111 Å². The Hall–Kier alpha value is -1.55. The van der Waals surface area contributed by atoms with E-state index in [1.54, 1.807) is 11.6 Å². The van der Waals surface area contributed by atoms with Crippen molar-refractivity contribution >= 4 is 34.2 Å². The maximum Gasteiger partial charge on any atom is 0.225 e. The van der Waals surface area contributed by atoms with Gasteiger partial charge in [-0.25, -0.2) is 0 Å². The van der Waals surface area contributed by atoms with Gasteiger partial charge in [0.05, 0.1) is 15.9 Å². The molecule has 0 aliphatic rings. The minimum absolute atomic E-state index is 0.0621. The minimum atomic E-state index is -0.0621. The summed E-state index contributed by atoms with van der Waals surface area (Å²) in [4.78, 5) is 11.5. The molecule has 4 nitrogen and oxygen atoms in total. The van der Waals surface area contributed by atoms with Gasteiger partial charge in [-0.3, -0.25) is 9.48 Å². The summed E-state index contributed by atoms with van der Waals surface area (Å²) in [6, 6.07) is 3.85. The SMILES string of the molecule is CCC(=O)Nc1nn(C)c2c(CC)ccc(Cl)c12. The molecule has 0 unspecified atom stereocenters. The molecular formula is C13H16ClN3O. The Balaban J connectivity index is 2.66. The van der Waals surface area contributed by atoms with Gasteiger partial charge in [0.1, 0.15) is 0 Å². The maximum atomic E-state index is 11.5. The second-order valence-electron chi connectivity index (χ2n) is 4.16. The summed E-state index contributed by atoms with van der Waals surface area (Å²) >= 11 is 6.23. The molecule has 5 heteroatoms. The summed E-state index contributed by atoms with van der Waals surface area (Å²) in [7, 11) is 1.86. The van der Waals surface area contributed by atoms with E-state index in [1.165, 1.54) is 5.56 Å². The number of nitrogens with zero attached hydrogens (tertiary/aromatic N) is 2. The predicted molar refractivity (Wildman–Crippen MR) is 74.0 cm³/mol. The molecule has 0 atom stereocenters. The van der Waals surface area contributed by atoms with E-state index >= 15 is 0 Å². The molecule has 0 spiro atoms. The van der Waals surface area contributed by atoms with Crippen molar-refractivity contribution in [3.05, 3.63) is 22.7 Å². The van der Waals surface area contributed by atoms with Crippen LogP contribution in [0.3, 0.4) is 0 Å². The predicted octanol–water partition coefficient (Wildman–Crippen LogP) is 3.14. The summed E-state index contributed by atoms with van der Waals surface area (Å²) in [5.41, 5.74) is 2.15. The Bertz CT molecular complexity index is 604. The van der Waals surface area contributed by atoms with E-state index in [4.69, 9.17) is 11.6 Å². The summed E-state index contributed by atoms with van der Waals surface area (Å²) < 4.78 is 1.77. The van der Waals surface area contributed by atoms with Gasteiger partial charge in [-0.15, -0.1) is 0 Å². The zero-order chi connectivity index (χ0) is 13.3. The van der Waals surface area contributed by atoms with Gasteiger partial charge in [0.15, 0.2) is 5.82 Å². The largest absolute Gasteiger partial charge is 0.309 e. The fourth-order valence-corrected chi connectivity index (χ4v) is 2.29. The normalized spacial score (nSPS) is 10.9. The quantitative estimate of drug-likeness (QED) is 0.927. The highest BCUT2D eigenvalue weighted by Gasteiger charge is 2.16. The van der Waals surface area contributed by atoms with Crippen LogP contribution < -0.4 is 5.32 Å². The van der Waals surface area contributed by atoms with E-state index in [2.05, 4.69) is 17.3 Å². The number of aryl methyl sites for hydroxylation is 2. The molecule has 18 heavy (non-hydrogen) atoms. The average Bonchev–Trinajstić information content (AvgIpc) is 2.68. The van der Waals surface area contributed by atoms with Crippen molar-refractivity contribution in [1.29, 1.82) is 0 Å². The molecule has 0 saturated carbocycles. The topological polar surface area (TPSA) is 46.9 Å². The standard InChI is InChI=1S/C13H16ClN3O/c1-4-8-6-7-9(14)11-12(8)17(3)16-13(11)15-10(18)5-2/h6-7H,4-5H2,1-3H3,(H,15,16,18). The molecule has 1 aromatic carbocycles. The fraction of sp³-hybridized carbons (Fsp3) is 0.385. The number of benzene rings is 1. The number of amides is 1. The molecule has 0 radical (unpaired) electrons. The third kappa shape index (κ3) is 2.08. The lowest BCUT2D eigenvalue weighted by atomic mass is 10.1. The first kappa shape index (κ1) is 12.9. The first-order valence-electron chi connectivity index (χ1n) is 6.02. The first-order chi connectivity index (χ1) is 8.58. The van der Waals surface area contributed by atoms with Gasteiger partial charge in [-0.2, -0.15) is 5.10 Å². The van der Waals surface area contributed by atoms with Gasteiger partial charge in [-0.05, 0) is 18.1 Å². The van der Waals surface area contributed by atoms with Gasteiger partial charge in [0.2, 0.25) is 5.91 Å². The van der Waals surface area contributed by atoms with Crippen LogP contribution in [-0.2, 0) is 18.3 Å². The molecular weight excluding hydrogens is 250 g/mol. The van der Waals surface area contributed by atoms with E-state index in [1.807, 2.05) is 19.2 Å². The number of halogens is 1. The number of carbonyl (C=O) groups is 1. The Morgan fingerprint density at radius 1 is 1.44 bits per heavy atom. The van der Waals surface area contributed by atoms with E-state index in [9.17, 15) is 4.79 Å². The number of hydrogen-bond donors (Lipinski definition) is 1. The van der Waals surface area contributed by atoms with Gasteiger partial charge >= 0.3 is 0 Å². The highest BCUT2D eigenvalue weighted by Crippen LogP contribution is 2.32. The Morgan fingerprint density at radius 3 is 2.78 bits per heavy atom. The van der Waals surface area contributed by atoms with Crippen LogP contribution in [-0.4, -0.2) is 15.7 Å². The second kappa shape index (κ2) is 4.98. The van der Waals surface area contributed by atoms with E-state index in [-0.39, 0.29) is 5.91 Å². The number of rotatable bonds is 3. The number of fused-ring (bicyclic) bond motifs is 1. The van der Waals surface area contributed by atoms with Crippen LogP contribution in [0.1, 0.15) is 25.8 Å². The summed E-state index contributed by atoms with van der Waals surface area (Å²) in [6.07, 6.45) is 1.32. The lowest BCUT2D eigenvalue weighted by Gasteiger charge is -2.04. The third-order valence-electron chi connectivity index (χ3n) is 2.98. The van der Waals surface area contributed by atoms with Gasteiger partial charge in [0, 0.05) is 13.5 Å². The minimum Gasteiger partial charge on any atom is -0.309 e. The first-order valence-corrected chi connectivity index (χ1v) is 6.40. The highest BCUT2D eigenvalue weighted by atomic mass is 35.5. The molecule has 2 rings (SSSR count). The number of aromatic nitrogens is 2. The van der Waals surface area contributed by atoms with Crippen molar-refractivity contribution in [2.75, 3.05) is 5.32 Å². The van der Waals surface area contributed by atoms with Crippen LogP contribution in [0.25, 0.3) is 10.9 Å².